The van der Waals surface area contributed by atoms with Crippen molar-refractivity contribution in [3.8, 4) is 0 Å². The summed E-state index contributed by atoms with van der Waals surface area (Å²) in [6.07, 6.45) is -2.44. The van der Waals surface area contributed by atoms with Gasteiger partial charge in [0.15, 0.2) is 0 Å². The third-order valence-electron chi connectivity index (χ3n) is 3.91. The zero-order valence-electron chi connectivity index (χ0n) is 12.5. The van der Waals surface area contributed by atoms with Crippen LogP contribution in [0.25, 0.3) is 0 Å². The van der Waals surface area contributed by atoms with Gasteiger partial charge in [0.25, 0.3) is 0 Å². The average molecular weight is 343 g/mol. The lowest BCUT2D eigenvalue weighted by Gasteiger charge is -2.25. The Hall–Kier alpha value is -1.74. The third-order valence-corrected chi connectivity index (χ3v) is 4.55. The monoisotopic (exact) mass is 343 g/mol. The molecule has 0 spiro atoms. The van der Waals surface area contributed by atoms with Gasteiger partial charge in [0.05, 0.1) is 11.2 Å². The fraction of sp³-hybridized carbons (Fsp3) is 0.500. The predicted octanol–water partition coefficient (Wildman–Crippen LogP) is 2.66. The van der Waals surface area contributed by atoms with Crippen LogP contribution in [0.15, 0.2) is 23.2 Å². The molecule has 9 heteroatoms. The summed E-state index contributed by atoms with van der Waals surface area (Å²) in [5.41, 5.74) is 1.91. The van der Waals surface area contributed by atoms with E-state index in [2.05, 4.69) is 19.9 Å². The molecule has 3 rings (SSSR count). The van der Waals surface area contributed by atoms with E-state index in [1.165, 1.54) is 0 Å². The fourth-order valence-corrected chi connectivity index (χ4v) is 3.21. The van der Waals surface area contributed by atoms with Gasteiger partial charge in [-0.25, -0.2) is 15.0 Å². The first-order chi connectivity index (χ1) is 10.9. The van der Waals surface area contributed by atoms with Crippen LogP contribution >= 0.6 is 11.3 Å². The standard InChI is InChI=1S/C14H16F3N5S/c1-21(13-18-4-2-12(20-13)14(15,16)17)11-3-5-22(7-11)6-10-8-23-9-19-10/h2,4,8-9,11H,3,5-7H2,1H3. The number of likely N-dealkylation sites (N-methyl/N-ethyl adjacent to an activating group) is 1. The minimum absolute atomic E-state index is 0.0946. The molecule has 124 valence electrons. The van der Waals surface area contributed by atoms with Crippen molar-refractivity contribution in [1.29, 1.82) is 0 Å². The van der Waals surface area contributed by atoms with E-state index in [9.17, 15) is 13.2 Å². The number of aromatic nitrogens is 3. The fourth-order valence-electron chi connectivity index (χ4n) is 2.66. The van der Waals surface area contributed by atoms with Gasteiger partial charge in [-0.05, 0) is 12.5 Å². The molecule has 0 aromatic carbocycles. The van der Waals surface area contributed by atoms with Gasteiger partial charge < -0.3 is 4.90 Å². The number of hydrogen-bond acceptors (Lipinski definition) is 6. The molecule has 0 radical (unpaired) electrons. The number of nitrogens with zero attached hydrogens (tertiary/aromatic N) is 5. The summed E-state index contributed by atoms with van der Waals surface area (Å²) in [5.74, 6) is 0.111. The molecular weight excluding hydrogens is 327 g/mol. The van der Waals surface area contributed by atoms with Crippen molar-refractivity contribution in [3.63, 3.8) is 0 Å². The average Bonchev–Trinajstić information content (AvgIpc) is 3.18. The minimum atomic E-state index is -4.45. The first-order valence-electron chi connectivity index (χ1n) is 7.16. The Morgan fingerprint density at radius 1 is 1.39 bits per heavy atom. The zero-order chi connectivity index (χ0) is 16.4. The Morgan fingerprint density at radius 2 is 2.22 bits per heavy atom. The second kappa shape index (κ2) is 6.40. The minimum Gasteiger partial charge on any atom is -0.340 e. The van der Waals surface area contributed by atoms with E-state index < -0.39 is 11.9 Å². The normalized spacial score (nSPS) is 19.2. The highest BCUT2D eigenvalue weighted by Gasteiger charge is 2.34. The number of halogens is 3. The first kappa shape index (κ1) is 16.1. The summed E-state index contributed by atoms with van der Waals surface area (Å²) in [5, 5.41) is 2.01. The van der Waals surface area contributed by atoms with E-state index in [4.69, 9.17) is 0 Å². The summed E-state index contributed by atoms with van der Waals surface area (Å²) in [6, 6.07) is 0.984. The Kier molecular flexibility index (Phi) is 4.49. The van der Waals surface area contributed by atoms with E-state index in [-0.39, 0.29) is 12.0 Å². The smallest absolute Gasteiger partial charge is 0.340 e. The van der Waals surface area contributed by atoms with Crippen molar-refractivity contribution >= 4 is 17.3 Å². The van der Waals surface area contributed by atoms with Crippen LogP contribution in [0.5, 0.6) is 0 Å². The Balaban J connectivity index is 1.66. The van der Waals surface area contributed by atoms with Crippen LogP contribution in [0, 0.1) is 0 Å². The maximum Gasteiger partial charge on any atom is 0.433 e. The molecule has 1 fully saturated rings. The lowest BCUT2D eigenvalue weighted by molar-refractivity contribution is -0.141. The highest BCUT2D eigenvalue weighted by atomic mass is 32.1. The van der Waals surface area contributed by atoms with Crippen LogP contribution in [0.4, 0.5) is 19.1 Å². The van der Waals surface area contributed by atoms with Crippen molar-refractivity contribution < 1.29 is 13.2 Å². The molecule has 2 aromatic heterocycles. The van der Waals surface area contributed by atoms with E-state index in [0.717, 1.165) is 44.0 Å². The zero-order valence-corrected chi connectivity index (χ0v) is 13.3. The summed E-state index contributed by atoms with van der Waals surface area (Å²) in [7, 11) is 1.74. The largest absolute Gasteiger partial charge is 0.433 e. The SMILES string of the molecule is CN(c1nccc(C(F)(F)F)n1)C1CCN(Cc2cscn2)C1. The molecule has 1 atom stereocenters. The Morgan fingerprint density at radius 3 is 2.91 bits per heavy atom. The third kappa shape index (κ3) is 3.78. The molecule has 23 heavy (non-hydrogen) atoms. The molecule has 5 nitrogen and oxygen atoms in total. The highest BCUT2D eigenvalue weighted by Crippen LogP contribution is 2.28. The van der Waals surface area contributed by atoms with Crippen LogP contribution in [0.3, 0.4) is 0 Å². The van der Waals surface area contributed by atoms with Gasteiger partial charge in [-0.2, -0.15) is 13.2 Å². The number of thiazole rings is 1. The molecule has 0 saturated carbocycles. The van der Waals surface area contributed by atoms with Crippen LogP contribution in [-0.2, 0) is 12.7 Å². The van der Waals surface area contributed by atoms with Gasteiger partial charge in [-0.1, -0.05) is 0 Å². The molecule has 0 amide bonds. The van der Waals surface area contributed by atoms with E-state index in [1.807, 2.05) is 5.38 Å². The van der Waals surface area contributed by atoms with Crippen molar-refractivity contribution in [2.75, 3.05) is 25.0 Å². The maximum absolute atomic E-state index is 12.8. The van der Waals surface area contributed by atoms with Gasteiger partial charge in [0.1, 0.15) is 5.69 Å². The number of alkyl halides is 3. The van der Waals surface area contributed by atoms with Gasteiger partial charge in [0.2, 0.25) is 5.95 Å². The lowest BCUT2D eigenvalue weighted by atomic mass is 10.2. The molecule has 0 bridgehead atoms. The van der Waals surface area contributed by atoms with Gasteiger partial charge >= 0.3 is 6.18 Å². The van der Waals surface area contributed by atoms with E-state index in [1.54, 1.807) is 28.8 Å². The Bertz CT molecular complexity index is 646. The van der Waals surface area contributed by atoms with Crippen LogP contribution in [0.2, 0.25) is 0 Å². The molecule has 1 aliphatic rings. The number of anilines is 1. The summed E-state index contributed by atoms with van der Waals surface area (Å²) < 4.78 is 38.3. The van der Waals surface area contributed by atoms with Crippen molar-refractivity contribution in [3.05, 3.63) is 34.5 Å². The predicted molar refractivity (Wildman–Crippen MR) is 81.2 cm³/mol. The number of hydrogen-bond donors (Lipinski definition) is 0. The van der Waals surface area contributed by atoms with E-state index >= 15 is 0 Å². The summed E-state index contributed by atoms with van der Waals surface area (Å²) in [6.45, 7) is 2.40. The number of likely N-dealkylation sites (tertiary alicyclic amines) is 1. The number of rotatable bonds is 4. The summed E-state index contributed by atoms with van der Waals surface area (Å²) in [4.78, 5) is 15.9. The van der Waals surface area contributed by atoms with Crippen LogP contribution < -0.4 is 4.90 Å². The van der Waals surface area contributed by atoms with Crippen molar-refractivity contribution in [2.24, 2.45) is 0 Å². The van der Waals surface area contributed by atoms with Gasteiger partial charge in [0, 0.05) is 44.3 Å². The molecule has 1 unspecified atom stereocenters. The molecule has 2 aromatic rings. The highest BCUT2D eigenvalue weighted by molar-refractivity contribution is 7.07. The van der Waals surface area contributed by atoms with Gasteiger partial charge in [-0.3, -0.25) is 4.90 Å². The van der Waals surface area contributed by atoms with Crippen LogP contribution in [0.1, 0.15) is 17.8 Å². The van der Waals surface area contributed by atoms with Crippen molar-refractivity contribution in [1.82, 2.24) is 19.9 Å². The molecule has 3 heterocycles. The first-order valence-corrected chi connectivity index (χ1v) is 8.10. The molecule has 1 saturated heterocycles. The molecule has 0 aliphatic carbocycles. The topological polar surface area (TPSA) is 45.2 Å². The molecular formula is C14H16F3N5S. The second-order valence-corrected chi connectivity index (χ2v) is 6.23. The summed E-state index contributed by atoms with van der Waals surface area (Å²) >= 11 is 1.56. The quantitative estimate of drug-likeness (QED) is 0.854. The second-order valence-electron chi connectivity index (χ2n) is 5.51. The van der Waals surface area contributed by atoms with E-state index in [0.29, 0.717) is 0 Å². The van der Waals surface area contributed by atoms with Crippen LogP contribution in [-0.4, -0.2) is 46.0 Å². The maximum atomic E-state index is 12.8. The Labute approximate surface area is 135 Å². The van der Waals surface area contributed by atoms with Crippen molar-refractivity contribution in [2.45, 2.75) is 25.2 Å². The van der Waals surface area contributed by atoms with Gasteiger partial charge in [-0.15, -0.1) is 11.3 Å². The lowest BCUT2D eigenvalue weighted by Crippen LogP contribution is -2.35. The molecule has 0 N–H and O–H groups in total. The molecule has 1 aliphatic heterocycles.